The molecule has 1 heterocycles. The van der Waals surface area contributed by atoms with Gasteiger partial charge in [-0.05, 0) is 34.1 Å². The molecule has 6 nitrogen and oxygen atoms in total. The average molecular weight is 364 g/mol. The third-order valence-corrected chi connectivity index (χ3v) is 3.77. The van der Waals surface area contributed by atoms with Crippen LogP contribution in [0.2, 0.25) is 5.02 Å². The third kappa shape index (κ3) is 3.41. The van der Waals surface area contributed by atoms with Crippen LogP contribution in [-0.2, 0) is 9.53 Å². The van der Waals surface area contributed by atoms with E-state index in [4.69, 9.17) is 21.4 Å². The number of carboxylic acids is 1. The molecule has 8 heteroatoms. The van der Waals surface area contributed by atoms with E-state index in [2.05, 4.69) is 21.2 Å². The zero-order valence-electron chi connectivity index (χ0n) is 10.3. The van der Waals surface area contributed by atoms with Gasteiger partial charge in [0.15, 0.2) is 6.04 Å². The Hall–Kier alpha value is -1.31. The Labute approximate surface area is 128 Å². The SMILES string of the molecule is O=C(O)C1COCCN1C(=O)Nc1cc(Cl)ccc1Br. The first-order chi connectivity index (χ1) is 9.49. The van der Waals surface area contributed by atoms with Gasteiger partial charge in [0, 0.05) is 16.0 Å². The van der Waals surface area contributed by atoms with Crippen molar-refractivity contribution < 1.29 is 19.4 Å². The Balaban J connectivity index is 2.14. The number of carbonyl (C=O) groups is 2. The predicted molar refractivity (Wildman–Crippen MR) is 77.1 cm³/mol. The van der Waals surface area contributed by atoms with E-state index in [1.165, 1.54) is 4.90 Å². The Morgan fingerprint density at radius 1 is 1.50 bits per heavy atom. The summed E-state index contributed by atoms with van der Waals surface area (Å²) < 4.78 is 5.75. The Morgan fingerprint density at radius 2 is 2.25 bits per heavy atom. The van der Waals surface area contributed by atoms with Gasteiger partial charge in [0.05, 0.1) is 18.9 Å². The molecule has 0 aliphatic carbocycles. The van der Waals surface area contributed by atoms with Gasteiger partial charge in [0.2, 0.25) is 0 Å². The minimum Gasteiger partial charge on any atom is -0.480 e. The number of morpholine rings is 1. The Kier molecular flexibility index (Phi) is 4.85. The van der Waals surface area contributed by atoms with Gasteiger partial charge in [-0.15, -0.1) is 0 Å². The lowest BCUT2D eigenvalue weighted by Gasteiger charge is -2.32. The minimum atomic E-state index is -1.09. The first-order valence-electron chi connectivity index (χ1n) is 5.82. The van der Waals surface area contributed by atoms with Crippen molar-refractivity contribution in [2.45, 2.75) is 6.04 Å². The lowest BCUT2D eigenvalue weighted by atomic mass is 10.2. The van der Waals surface area contributed by atoms with Crippen molar-refractivity contribution in [3.8, 4) is 0 Å². The van der Waals surface area contributed by atoms with Crippen molar-refractivity contribution in [1.82, 2.24) is 4.90 Å². The second-order valence-corrected chi connectivity index (χ2v) is 5.47. The first-order valence-corrected chi connectivity index (χ1v) is 6.99. The molecule has 2 amide bonds. The summed E-state index contributed by atoms with van der Waals surface area (Å²) in [5.74, 6) is -1.09. The Bertz CT molecular complexity index is 540. The van der Waals surface area contributed by atoms with Gasteiger partial charge < -0.3 is 20.1 Å². The van der Waals surface area contributed by atoms with Crippen molar-refractivity contribution >= 4 is 45.2 Å². The van der Waals surface area contributed by atoms with Crippen molar-refractivity contribution in [3.63, 3.8) is 0 Å². The largest absolute Gasteiger partial charge is 0.480 e. The number of nitrogens with zero attached hydrogens (tertiary/aromatic N) is 1. The number of benzene rings is 1. The van der Waals surface area contributed by atoms with E-state index in [-0.39, 0.29) is 13.2 Å². The van der Waals surface area contributed by atoms with Gasteiger partial charge in [-0.2, -0.15) is 0 Å². The van der Waals surface area contributed by atoms with Gasteiger partial charge in [0.25, 0.3) is 0 Å². The summed E-state index contributed by atoms with van der Waals surface area (Å²) in [5, 5.41) is 12.2. The van der Waals surface area contributed by atoms with Crippen molar-refractivity contribution in [1.29, 1.82) is 0 Å². The molecule has 108 valence electrons. The highest BCUT2D eigenvalue weighted by Gasteiger charge is 2.32. The number of amides is 2. The van der Waals surface area contributed by atoms with E-state index < -0.39 is 18.0 Å². The van der Waals surface area contributed by atoms with Crippen molar-refractivity contribution in [2.75, 3.05) is 25.1 Å². The van der Waals surface area contributed by atoms with Crippen LogP contribution >= 0.6 is 27.5 Å². The molecule has 1 fully saturated rings. The molecule has 1 saturated heterocycles. The number of hydrogen-bond donors (Lipinski definition) is 2. The zero-order valence-corrected chi connectivity index (χ0v) is 12.6. The number of nitrogens with one attached hydrogen (secondary N) is 1. The van der Waals surface area contributed by atoms with Crippen LogP contribution in [-0.4, -0.2) is 47.8 Å². The second-order valence-electron chi connectivity index (χ2n) is 4.18. The molecule has 0 aromatic heterocycles. The second kappa shape index (κ2) is 6.43. The fourth-order valence-corrected chi connectivity index (χ4v) is 2.35. The number of urea groups is 1. The van der Waals surface area contributed by atoms with Crippen LogP contribution in [0, 0.1) is 0 Å². The number of carbonyl (C=O) groups excluding carboxylic acids is 1. The highest BCUT2D eigenvalue weighted by molar-refractivity contribution is 9.10. The molecule has 0 radical (unpaired) electrons. The topological polar surface area (TPSA) is 78.9 Å². The summed E-state index contributed by atoms with van der Waals surface area (Å²) in [6.07, 6.45) is 0. The number of hydrogen-bond acceptors (Lipinski definition) is 3. The molecule has 0 bridgehead atoms. The lowest BCUT2D eigenvalue weighted by Crippen LogP contribution is -2.53. The monoisotopic (exact) mass is 362 g/mol. The van der Waals surface area contributed by atoms with Gasteiger partial charge in [0.1, 0.15) is 0 Å². The number of carboxylic acid groups (broad SMARTS) is 1. The molecule has 2 N–H and O–H groups in total. The number of halogens is 2. The molecule has 1 aliphatic rings. The average Bonchev–Trinajstić information content (AvgIpc) is 2.42. The highest BCUT2D eigenvalue weighted by Crippen LogP contribution is 2.26. The van der Waals surface area contributed by atoms with E-state index in [0.29, 0.717) is 21.8 Å². The normalized spacial score (nSPS) is 18.7. The molecule has 1 aromatic carbocycles. The molecule has 0 spiro atoms. The summed E-state index contributed by atoms with van der Waals surface area (Å²) in [4.78, 5) is 24.5. The molecular weight excluding hydrogens is 351 g/mol. The quantitative estimate of drug-likeness (QED) is 0.846. The summed E-state index contributed by atoms with van der Waals surface area (Å²) >= 11 is 9.16. The van der Waals surface area contributed by atoms with Crippen molar-refractivity contribution in [3.05, 3.63) is 27.7 Å². The van der Waals surface area contributed by atoms with E-state index in [1.54, 1.807) is 18.2 Å². The highest BCUT2D eigenvalue weighted by atomic mass is 79.9. The van der Waals surface area contributed by atoms with Crippen LogP contribution < -0.4 is 5.32 Å². The Morgan fingerprint density at radius 3 is 2.95 bits per heavy atom. The van der Waals surface area contributed by atoms with E-state index >= 15 is 0 Å². The van der Waals surface area contributed by atoms with Crippen LogP contribution in [0.3, 0.4) is 0 Å². The van der Waals surface area contributed by atoms with E-state index in [1.807, 2.05) is 0 Å². The molecule has 1 atom stereocenters. The maximum Gasteiger partial charge on any atom is 0.328 e. The third-order valence-electron chi connectivity index (χ3n) is 2.84. The lowest BCUT2D eigenvalue weighted by molar-refractivity contribution is -0.147. The van der Waals surface area contributed by atoms with Crippen LogP contribution in [0.5, 0.6) is 0 Å². The number of rotatable bonds is 2. The minimum absolute atomic E-state index is 0.0144. The fraction of sp³-hybridized carbons (Fsp3) is 0.333. The molecule has 1 aliphatic heterocycles. The van der Waals surface area contributed by atoms with Crippen molar-refractivity contribution in [2.24, 2.45) is 0 Å². The molecule has 1 aromatic rings. The van der Waals surface area contributed by atoms with Gasteiger partial charge in [-0.3, -0.25) is 0 Å². The van der Waals surface area contributed by atoms with Crippen LogP contribution in [0.4, 0.5) is 10.5 Å². The fourth-order valence-electron chi connectivity index (χ4n) is 1.83. The summed E-state index contributed by atoms with van der Waals surface area (Å²) in [5.41, 5.74) is 0.484. The molecule has 20 heavy (non-hydrogen) atoms. The van der Waals surface area contributed by atoms with Gasteiger partial charge in [-0.1, -0.05) is 11.6 Å². The van der Waals surface area contributed by atoms with Gasteiger partial charge >= 0.3 is 12.0 Å². The maximum atomic E-state index is 12.2. The van der Waals surface area contributed by atoms with Crippen LogP contribution in [0.15, 0.2) is 22.7 Å². The van der Waals surface area contributed by atoms with Crippen LogP contribution in [0.25, 0.3) is 0 Å². The summed E-state index contributed by atoms with van der Waals surface area (Å²) in [6.45, 7) is 0.522. The van der Waals surface area contributed by atoms with E-state index in [9.17, 15) is 9.59 Å². The standard InChI is InChI=1S/C12H12BrClN2O4/c13-8-2-1-7(14)5-9(8)15-12(19)16-3-4-20-6-10(16)11(17)18/h1-2,5,10H,3-4,6H2,(H,15,19)(H,17,18). The predicted octanol–water partition coefficient (Wildman–Crippen LogP) is 2.42. The van der Waals surface area contributed by atoms with Crippen LogP contribution in [0.1, 0.15) is 0 Å². The molecule has 1 unspecified atom stereocenters. The molecular formula is C12H12BrClN2O4. The number of anilines is 1. The molecule has 2 rings (SSSR count). The summed E-state index contributed by atoms with van der Waals surface area (Å²) in [6, 6.07) is 3.48. The molecule has 0 saturated carbocycles. The summed E-state index contributed by atoms with van der Waals surface area (Å²) in [7, 11) is 0. The first kappa shape index (κ1) is 15.1. The number of ether oxygens (including phenoxy) is 1. The van der Waals surface area contributed by atoms with E-state index in [0.717, 1.165) is 0 Å². The number of aliphatic carboxylic acids is 1. The maximum absolute atomic E-state index is 12.2. The smallest absolute Gasteiger partial charge is 0.328 e. The zero-order chi connectivity index (χ0) is 14.7. The van der Waals surface area contributed by atoms with Gasteiger partial charge in [-0.25, -0.2) is 9.59 Å².